The minimum absolute atomic E-state index is 0.0869. The zero-order valence-corrected chi connectivity index (χ0v) is 14.4. The van der Waals surface area contributed by atoms with Crippen molar-refractivity contribution in [1.29, 1.82) is 0 Å². The van der Waals surface area contributed by atoms with Crippen LogP contribution in [-0.4, -0.2) is 41.9 Å². The number of rotatable bonds is 3. The van der Waals surface area contributed by atoms with E-state index in [4.69, 9.17) is 0 Å². The van der Waals surface area contributed by atoms with E-state index in [1.165, 1.54) is 24.0 Å². The lowest BCUT2D eigenvalue weighted by molar-refractivity contribution is -0.385. The van der Waals surface area contributed by atoms with Gasteiger partial charge in [0.2, 0.25) is 0 Å². The van der Waals surface area contributed by atoms with Crippen LogP contribution in [0, 0.1) is 34.5 Å². The molecule has 1 aliphatic rings. The van der Waals surface area contributed by atoms with Gasteiger partial charge in [-0.1, -0.05) is 0 Å². The molecule has 0 N–H and O–H groups in total. The number of hydrogen-bond acceptors (Lipinski definition) is 4. The highest BCUT2D eigenvalue weighted by Gasteiger charge is 2.26. The highest BCUT2D eigenvalue weighted by Crippen LogP contribution is 2.25. The summed E-state index contributed by atoms with van der Waals surface area (Å²) in [6.45, 7) is 2.66. The highest BCUT2D eigenvalue weighted by molar-refractivity contribution is 5.95. The van der Waals surface area contributed by atoms with E-state index in [0.29, 0.717) is 18.7 Å². The standard InChI is InChI=1S/C18H16F3N3O3/c1-11-8-14(19)15(20)10-13(11)18(25)23-6-4-22(5-7-23)17-3-2-12(24(26)27)9-16(17)21/h2-3,8-10H,4-7H2,1H3. The van der Waals surface area contributed by atoms with Gasteiger partial charge in [-0.25, -0.2) is 13.2 Å². The van der Waals surface area contributed by atoms with Crippen molar-refractivity contribution in [3.63, 3.8) is 0 Å². The number of benzene rings is 2. The third-order valence-corrected chi connectivity index (χ3v) is 4.55. The normalized spacial score (nSPS) is 14.4. The molecular weight excluding hydrogens is 363 g/mol. The molecule has 1 aliphatic heterocycles. The molecule has 9 heteroatoms. The van der Waals surface area contributed by atoms with Crippen LogP contribution in [0.4, 0.5) is 24.5 Å². The summed E-state index contributed by atoms with van der Waals surface area (Å²) >= 11 is 0. The largest absolute Gasteiger partial charge is 0.366 e. The molecule has 27 heavy (non-hydrogen) atoms. The van der Waals surface area contributed by atoms with Crippen molar-refractivity contribution >= 4 is 17.3 Å². The van der Waals surface area contributed by atoms with Crippen molar-refractivity contribution in [2.45, 2.75) is 6.92 Å². The van der Waals surface area contributed by atoms with Crippen LogP contribution in [0.25, 0.3) is 0 Å². The first-order chi connectivity index (χ1) is 12.8. The summed E-state index contributed by atoms with van der Waals surface area (Å²) in [5.74, 6) is -3.23. The second-order valence-corrected chi connectivity index (χ2v) is 6.25. The van der Waals surface area contributed by atoms with Crippen molar-refractivity contribution in [1.82, 2.24) is 4.90 Å². The molecular formula is C18H16F3N3O3. The Balaban J connectivity index is 1.71. The van der Waals surface area contributed by atoms with E-state index in [9.17, 15) is 28.1 Å². The summed E-state index contributed by atoms with van der Waals surface area (Å²) in [5.41, 5.74) is 0.308. The van der Waals surface area contributed by atoms with Crippen LogP contribution in [0.3, 0.4) is 0 Å². The molecule has 0 saturated carbocycles. The van der Waals surface area contributed by atoms with E-state index in [-0.39, 0.29) is 30.0 Å². The van der Waals surface area contributed by atoms with Gasteiger partial charge in [0.1, 0.15) is 0 Å². The molecule has 1 fully saturated rings. The maximum atomic E-state index is 14.1. The Hall–Kier alpha value is -3.10. The SMILES string of the molecule is Cc1cc(F)c(F)cc1C(=O)N1CCN(c2ccc([N+](=O)[O-])cc2F)CC1. The second-order valence-electron chi connectivity index (χ2n) is 6.25. The van der Waals surface area contributed by atoms with E-state index in [1.54, 1.807) is 4.90 Å². The smallest absolute Gasteiger partial charge is 0.272 e. The number of hydrogen-bond donors (Lipinski definition) is 0. The molecule has 0 radical (unpaired) electrons. The number of non-ortho nitro benzene ring substituents is 1. The lowest BCUT2D eigenvalue weighted by Gasteiger charge is -2.36. The maximum Gasteiger partial charge on any atom is 0.272 e. The number of nitrogens with zero attached hydrogens (tertiary/aromatic N) is 3. The number of anilines is 1. The van der Waals surface area contributed by atoms with Crippen LogP contribution in [0.2, 0.25) is 0 Å². The Morgan fingerprint density at radius 3 is 2.22 bits per heavy atom. The number of halogens is 3. The van der Waals surface area contributed by atoms with Gasteiger partial charge in [-0.15, -0.1) is 0 Å². The summed E-state index contributed by atoms with van der Waals surface area (Å²) in [4.78, 5) is 25.8. The number of piperazine rings is 1. The van der Waals surface area contributed by atoms with Gasteiger partial charge in [0.25, 0.3) is 11.6 Å². The fourth-order valence-electron chi connectivity index (χ4n) is 3.06. The van der Waals surface area contributed by atoms with Gasteiger partial charge in [0.05, 0.1) is 16.7 Å². The van der Waals surface area contributed by atoms with Crippen molar-refractivity contribution in [3.05, 3.63) is 69.0 Å². The molecule has 142 valence electrons. The Morgan fingerprint density at radius 1 is 1.00 bits per heavy atom. The first kappa shape index (κ1) is 18.7. The first-order valence-electron chi connectivity index (χ1n) is 8.21. The predicted octanol–water partition coefficient (Wildman–Crippen LogP) is 3.28. The van der Waals surface area contributed by atoms with Crippen molar-refractivity contribution in [2.24, 2.45) is 0 Å². The monoisotopic (exact) mass is 379 g/mol. The predicted molar refractivity (Wildman–Crippen MR) is 92.3 cm³/mol. The van der Waals surface area contributed by atoms with Gasteiger partial charge in [0, 0.05) is 37.8 Å². The molecule has 0 unspecified atom stereocenters. The average Bonchev–Trinajstić information content (AvgIpc) is 2.64. The Morgan fingerprint density at radius 2 is 1.63 bits per heavy atom. The molecule has 0 spiro atoms. The number of amides is 1. The molecule has 2 aromatic rings. The Bertz CT molecular complexity index is 912. The zero-order chi connectivity index (χ0) is 19.7. The van der Waals surface area contributed by atoms with Crippen LogP contribution >= 0.6 is 0 Å². The van der Waals surface area contributed by atoms with E-state index < -0.39 is 28.3 Å². The zero-order valence-electron chi connectivity index (χ0n) is 14.4. The van der Waals surface area contributed by atoms with Crippen molar-refractivity contribution in [2.75, 3.05) is 31.1 Å². The molecule has 0 atom stereocenters. The van der Waals surface area contributed by atoms with Crippen LogP contribution < -0.4 is 4.90 Å². The van der Waals surface area contributed by atoms with Gasteiger partial charge < -0.3 is 9.80 Å². The third-order valence-electron chi connectivity index (χ3n) is 4.55. The quantitative estimate of drug-likeness (QED) is 0.606. The number of nitro groups is 1. The molecule has 6 nitrogen and oxygen atoms in total. The fraction of sp³-hybridized carbons (Fsp3) is 0.278. The number of carbonyl (C=O) groups is 1. The molecule has 0 aliphatic carbocycles. The summed E-state index contributed by atoms with van der Waals surface area (Å²) in [5, 5.41) is 10.7. The molecule has 3 rings (SSSR count). The van der Waals surface area contributed by atoms with Crippen molar-refractivity contribution in [3.8, 4) is 0 Å². The number of carbonyl (C=O) groups excluding carboxylic acids is 1. The van der Waals surface area contributed by atoms with Gasteiger partial charge >= 0.3 is 0 Å². The van der Waals surface area contributed by atoms with Crippen LogP contribution in [-0.2, 0) is 0 Å². The molecule has 1 saturated heterocycles. The topological polar surface area (TPSA) is 66.7 Å². The molecule has 1 heterocycles. The summed E-state index contributed by atoms with van der Waals surface area (Å²) in [6, 6.07) is 5.28. The third kappa shape index (κ3) is 3.71. The highest BCUT2D eigenvalue weighted by atomic mass is 19.2. The van der Waals surface area contributed by atoms with E-state index in [1.807, 2.05) is 0 Å². The average molecular weight is 379 g/mol. The fourth-order valence-corrected chi connectivity index (χ4v) is 3.06. The molecule has 0 bridgehead atoms. The summed E-state index contributed by atoms with van der Waals surface area (Å²) < 4.78 is 40.8. The Kier molecular flexibility index (Phi) is 5.02. The molecule has 0 aromatic heterocycles. The molecule has 1 amide bonds. The number of aryl methyl sites for hydroxylation is 1. The van der Waals surface area contributed by atoms with Gasteiger partial charge in [-0.3, -0.25) is 14.9 Å². The summed E-state index contributed by atoms with van der Waals surface area (Å²) in [6.07, 6.45) is 0. The molecule has 2 aromatic carbocycles. The minimum atomic E-state index is -1.09. The summed E-state index contributed by atoms with van der Waals surface area (Å²) in [7, 11) is 0. The maximum absolute atomic E-state index is 14.1. The van der Waals surface area contributed by atoms with Crippen LogP contribution in [0.5, 0.6) is 0 Å². The lowest BCUT2D eigenvalue weighted by Crippen LogP contribution is -2.49. The minimum Gasteiger partial charge on any atom is -0.366 e. The van der Waals surface area contributed by atoms with Crippen LogP contribution in [0.1, 0.15) is 15.9 Å². The van der Waals surface area contributed by atoms with E-state index >= 15 is 0 Å². The van der Waals surface area contributed by atoms with Crippen molar-refractivity contribution < 1.29 is 22.9 Å². The van der Waals surface area contributed by atoms with E-state index in [2.05, 4.69) is 0 Å². The second kappa shape index (κ2) is 7.26. The lowest BCUT2D eigenvalue weighted by atomic mass is 10.1. The number of nitro benzene ring substituents is 1. The first-order valence-corrected chi connectivity index (χ1v) is 8.21. The van der Waals surface area contributed by atoms with Gasteiger partial charge in [-0.2, -0.15) is 0 Å². The van der Waals surface area contributed by atoms with Gasteiger partial charge in [-0.05, 0) is 30.7 Å². The van der Waals surface area contributed by atoms with Crippen LogP contribution in [0.15, 0.2) is 30.3 Å². The Labute approximate surface area is 153 Å². The van der Waals surface area contributed by atoms with Gasteiger partial charge in [0.15, 0.2) is 17.5 Å². The van der Waals surface area contributed by atoms with E-state index in [0.717, 1.165) is 18.2 Å².